The Kier molecular flexibility index (Phi) is 3.43. The molecule has 1 atom stereocenters. The van der Waals surface area contributed by atoms with Crippen molar-refractivity contribution in [2.45, 2.75) is 26.8 Å². The third-order valence-corrected chi connectivity index (χ3v) is 3.28. The zero-order chi connectivity index (χ0) is 11.7. The van der Waals surface area contributed by atoms with Crippen LogP contribution in [0.1, 0.15) is 20.8 Å². The van der Waals surface area contributed by atoms with Gasteiger partial charge in [-0.2, -0.15) is 0 Å². The van der Waals surface area contributed by atoms with Crippen molar-refractivity contribution in [3.8, 4) is 0 Å². The Labute approximate surface area is 106 Å². The molecule has 0 saturated heterocycles. The number of fused-ring (bicyclic) bond motifs is 1. The summed E-state index contributed by atoms with van der Waals surface area (Å²) in [6, 6.07) is 6.98. The van der Waals surface area contributed by atoms with Crippen molar-refractivity contribution in [2.75, 3.05) is 23.3 Å². The summed E-state index contributed by atoms with van der Waals surface area (Å²) in [5.41, 5.74) is 2.57. The lowest BCUT2D eigenvalue weighted by Gasteiger charge is -2.37. The van der Waals surface area contributed by atoms with E-state index in [-0.39, 0.29) is 0 Å². The SMILES string of the molecule is CC(C)CN1C[C@H](C)Nc2ccc(Br)cc21. The van der Waals surface area contributed by atoms with E-state index in [0.717, 1.165) is 17.6 Å². The molecule has 3 heteroatoms. The van der Waals surface area contributed by atoms with Gasteiger partial charge in [0, 0.05) is 23.6 Å². The minimum Gasteiger partial charge on any atom is -0.379 e. The maximum atomic E-state index is 3.54. The Hall–Kier alpha value is -0.700. The summed E-state index contributed by atoms with van der Waals surface area (Å²) in [4.78, 5) is 2.48. The van der Waals surface area contributed by atoms with E-state index in [1.165, 1.54) is 11.4 Å². The van der Waals surface area contributed by atoms with E-state index < -0.39 is 0 Å². The van der Waals surface area contributed by atoms with Gasteiger partial charge in [-0.05, 0) is 31.0 Å². The minimum atomic E-state index is 0.521. The van der Waals surface area contributed by atoms with E-state index in [1.807, 2.05) is 0 Å². The predicted octanol–water partition coefficient (Wildman–Crippen LogP) is 3.73. The van der Waals surface area contributed by atoms with Crippen LogP contribution in [0.3, 0.4) is 0 Å². The third-order valence-electron chi connectivity index (χ3n) is 2.78. The smallest absolute Gasteiger partial charge is 0.0614 e. The van der Waals surface area contributed by atoms with Crippen molar-refractivity contribution in [3.63, 3.8) is 0 Å². The molecule has 0 fully saturated rings. The van der Waals surface area contributed by atoms with Gasteiger partial charge in [0.05, 0.1) is 11.4 Å². The van der Waals surface area contributed by atoms with Gasteiger partial charge in [0.2, 0.25) is 0 Å². The number of anilines is 2. The molecule has 1 aliphatic rings. The van der Waals surface area contributed by atoms with Gasteiger partial charge in [-0.1, -0.05) is 29.8 Å². The van der Waals surface area contributed by atoms with Crippen LogP contribution in [0.15, 0.2) is 22.7 Å². The van der Waals surface area contributed by atoms with E-state index in [4.69, 9.17) is 0 Å². The molecule has 1 aliphatic heterocycles. The van der Waals surface area contributed by atoms with Gasteiger partial charge in [0.15, 0.2) is 0 Å². The highest BCUT2D eigenvalue weighted by atomic mass is 79.9. The monoisotopic (exact) mass is 282 g/mol. The third kappa shape index (κ3) is 2.51. The number of hydrogen-bond donors (Lipinski definition) is 1. The van der Waals surface area contributed by atoms with Gasteiger partial charge >= 0.3 is 0 Å². The normalized spacial score (nSPS) is 19.6. The van der Waals surface area contributed by atoms with E-state index in [2.05, 4.69) is 65.1 Å². The molecule has 1 heterocycles. The van der Waals surface area contributed by atoms with Crippen molar-refractivity contribution >= 4 is 27.3 Å². The molecule has 2 rings (SSSR count). The summed E-state index contributed by atoms with van der Waals surface area (Å²) < 4.78 is 1.15. The Bertz CT molecular complexity index is 376. The predicted molar refractivity (Wildman–Crippen MR) is 74.3 cm³/mol. The van der Waals surface area contributed by atoms with Gasteiger partial charge in [0.25, 0.3) is 0 Å². The molecule has 16 heavy (non-hydrogen) atoms. The first-order chi connectivity index (χ1) is 7.56. The molecule has 0 bridgehead atoms. The molecule has 0 aliphatic carbocycles. The highest BCUT2D eigenvalue weighted by Gasteiger charge is 2.21. The number of rotatable bonds is 2. The van der Waals surface area contributed by atoms with Crippen LogP contribution in [0.25, 0.3) is 0 Å². The first-order valence-corrected chi connectivity index (χ1v) is 6.66. The highest BCUT2D eigenvalue weighted by Crippen LogP contribution is 2.33. The molecule has 1 aromatic carbocycles. The second-order valence-electron chi connectivity index (χ2n) is 5.01. The van der Waals surface area contributed by atoms with E-state index in [0.29, 0.717) is 12.0 Å². The number of nitrogens with zero attached hydrogens (tertiary/aromatic N) is 1. The van der Waals surface area contributed by atoms with Crippen LogP contribution >= 0.6 is 15.9 Å². The number of hydrogen-bond acceptors (Lipinski definition) is 2. The topological polar surface area (TPSA) is 15.3 Å². The van der Waals surface area contributed by atoms with Crippen LogP contribution in [0.2, 0.25) is 0 Å². The van der Waals surface area contributed by atoms with Crippen molar-refractivity contribution < 1.29 is 0 Å². The second-order valence-corrected chi connectivity index (χ2v) is 5.92. The van der Waals surface area contributed by atoms with Crippen LogP contribution in [0, 0.1) is 5.92 Å². The number of benzene rings is 1. The number of nitrogens with one attached hydrogen (secondary N) is 1. The number of halogens is 1. The van der Waals surface area contributed by atoms with Gasteiger partial charge in [-0.15, -0.1) is 0 Å². The van der Waals surface area contributed by atoms with Crippen LogP contribution in [-0.2, 0) is 0 Å². The standard InChI is InChI=1S/C13H19BrN2/c1-9(2)7-16-8-10(3)15-12-5-4-11(14)6-13(12)16/h4-6,9-10,15H,7-8H2,1-3H3/t10-/m0/s1. The summed E-state index contributed by atoms with van der Waals surface area (Å²) in [7, 11) is 0. The summed E-state index contributed by atoms with van der Waals surface area (Å²) in [6.45, 7) is 8.98. The van der Waals surface area contributed by atoms with Crippen molar-refractivity contribution in [3.05, 3.63) is 22.7 Å². The fourth-order valence-electron chi connectivity index (χ4n) is 2.24. The Morgan fingerprint density at radius 2 is 2.25 bits per heavy atom. The Balaban J connectivity index is 2.31. The van der Waals surface area contributed by atoms with Crippen LogP contribution in [-0.4, -0.2) is 19.1 Å². The average molecular weight is 283 g/mol. The van der Waals surface area contributed by atoms with E-state index in [1.54, 1.807) is 0 Å². The lowest BCUT2D eigenvalue weighted by molar-refractivity contribution is 0.584. The van der Waals surface area contributed by atoms with E-state index >= 15 is 0 Å². The largest absolute Gasteiger partial charge is 0.379 e. The maximum Gasteiger partial charge on any atom is 0.0614 e. The average Bonchev–Trinajstić information content (AvgIpc) is 2.18. The quantitative estimate of drug-likeness (QED) is 0.889. The Morgan fingerprint density at radius 3 is 2.94 bits per heavy atom. The molecule has 0 amide bonds. The lowest BCUT2D eigenvalue weighted by Crippen LogP contribution is -2.41. The summed E-state index contributed by atoms with van der Waals surface area (Å²) in [5.74, 6) is 0.692. The van der Waals surface area contributed by atoms with Crippen molar-refractivity contribution in [1.82, 2.24) is 0 Å². The van der Waals surface area contributed by atoms with Crippen molar-refractivity contribution in [2.24, 2.45) is 5.92 Å². The van der Waals surface area contributed by atoms with Crippen LogP contribution in [0.5, 0.6) is 0 Å². The molecule has 0 saturated carbocycles. The minimum absolute atomic E-state index is 0.521. The molecule has 0 unspecified atom stereocenters. The van der Waals surface area contributed by atoms with Crippen molar-refractivity contribution in [1.29, 1.82) is 0 Å². The Morgan fingerprint density at radius 1 is 1.50 bits per heavy atom. The molecule has 0 spiro atoms. The zero-order valence-electron chi connectivity index (χ0n) is 10.1. The first kappa shape index (κ1) is 11.8. The molecule has 0 radical (unpaired) electrons. The first-order valence-electron chi connectivity index (χ1n) is 5.87. The highest BCUT2D eigenvalue weighted by molar-refractivity contribution is 9.10. The maximum absolute atomic E-state index is 3.54. The molecule has 1 aromatic rings. The summed E-state index contributed by atoms with van der Waals surface area (Å²) in [6.07, 6.45) is 0. The molecule has 0 aromatic heterocycles. The van der Waals surface area contributed by atoms with Gasteiger partial charge in [-0.25, -0.2) is 0 Å². The second kappa shape index (κ2) is 4.66. The molecule has 2 nitrogen and oxygen atoms in total. The van der Waals surface area contributed by atoms with Gasteiger partial charge < -0.3 is 10.2 Å². The van der Waals surface area contributed by atoms with Crippen LogP contribution in [0.4, 0.5) is 11.4 Å². The molecular weight excluding hydrogens is 264 g/mol. The fourth-order valence-corrected chi connectivity index (χ4v) is 2.59. The van der Waals surface area contributed by atoms with Gasteiger partial charge in [0.1, 0.15) is 0 Å². The molecule has 1 N–H and O–H groups in total. The molecular formula is C13H19BrN2. The summed E-state index contributed by atoms with van der Waals surface area (Å²) >= 11 is 3.54. The fraction of sp³-hybridized carbons (Fsp3) is 0.538. The molecule has 88 valence electrons. The van der Waals surface area contributed by atoms with Crippen LogP contribution < -0.4 is 10.2 Å². The lowest BCUT2D eigenvalue weighted by atomic mass is 10.1. The summed E-state index contributed by atoms with van der Waals surface area (Å²) in [5, 5.41) is 3.53. The van der Waals surface area contributed by atoms with Gasteiger partial charge in [-0.3, -0.25) is 0 Å². The van der Waals surface area contributed by atoms with E-state index in [9.17, 15) is 0 Å². The zero-order valence-corrected chi connectivity index (χ0v) is 11.7.